The van der Waals surface area contributed by atoms with Crippen molar-refractivity contribution < 1.29 is 0 Å². The summed E-state index contributed by atoms with van der Waals surface area (Å²) in [5.74, 6) is 5.70. The van der Waals surface area contributed by atoms with Crippen molar-refractivity contribution in [2.75, 3.05) is 11.2 Å². The third-order valence-electron chi connectivity index (χ3n) is 4.72. The summed E-state index contributed by atoms with van der Waals surface area (Å²) in [6.45, 7) is 0. The fourth-order valence-corrected chi connectivity index (χ4v) is 3.38. The van der Waals surface area contributed by atoms with Crippen molar-refractivity contribution in [3.05, 3.63) is 12.1 Å². The van der Waals surface area contributed by atoms with Gasteiger partial charge in [-0.3, -0.25) is 15.8 Å². The molecule has 0 heterocycles. The highest BCUT2D eigenvalue weighted by molar-refractivity contribution is 5.93. The van der Waals surface area contributed by atoms with Gasteiger partial charge in [0, 0.05) is 11.4 Å². The molecule has 0 spiro atoms. The highest BCUT2D eigenvalue weighted by atomic mass is 15.2. The topological polar surface area (TPSA) is 88.8 Å². The van der Waals surface area contributed by atoms with Gasteiger partial charge in [0.25, 0.3) is 0 Å². The molecule has 23 heavy (non-hydrogen) atoms. The van der Waals surface area contributed by atoms with Crippen LogP contribution in [0.2, 0.25) is 0 Å². The maximum absolute atomic E-state index is 6.22. The van der Waals surface area contributed by atoms with Crippen LogP contribution in [0, 0.1) is 0 Å². The van der Waals surface area contributed by atoms with E-state index in [4.69, 9.17) is 21.6 Å². The Bertz CT molecular complexity index is 602. The summed E-state index contributed by atoms with van der Waals surface area (Å²) in [5, 5.41) is 0. The van der Waals surface area contributed by atoms with Crippen molar-refractivity contribution in [1.29, 1.82) is 0 Å². The molecule has 5 heteroatoms. The van der Waals surface area contributed by atoms with Gasteiger partial charge in [-0.05, 0) is 63.5 Å². The molecule has 1 aromatic rings. The molecule has 0 atom stereocenters. The van der Waals surface area contributed by atoms with E-state index in [1.807, 2.05) is 12.1 Å². The van der Waals surface area contributed by atoms with Gasteiger partial charge >= 0.3 is 0 Å². The lowest BCUT2D eigenvalue weighted by Gasteiger charge is -2.16. The quantitative estimate of drug-likeness (QED) is 0.432. The van der Waals surface area contributed by atoms with Gasteiger partial charge in [-0.2, -0.15) is 0 Å². The molecule has 5 nitrogen and oxygen atoms in total. The fraction of sp³-hybridized carbons (Fsp3) is 0.556. The Morgan fingerprint density at radius 2 is 1.26 bits per heavy atom. The van der Waals surface area contributed by atoms with Crippen LogP contribution >= 0.6 is 0 Å². The van der Waals surface area contributed by atoms with Crippen molar-refractivity contribution in [1.82, 2.24) is 0 Å². The monoisotopic (exact) mass is 313 g/mol. The van der Waals surface area contributed by atoms with Crippen molar-refractivity contribution in [2.24, 2.45) is 15.8 Å². The first-order valence-corrected chi connectivity index (χ1v) is 8.79. The molecule has 0 amide bonds. The molecule has 5 N–H and O–H groups in total. The summed E-state index contributed by atoms with van der Waals surface area (Å²) in [6.07, 6.45) is 11.8. The van der Waals surface area contributed by atoms with Gasteiger partial charge in [0.05, 0.1) is 22.7 Å². The molecule has 0 radical (unpaired) electrons. The summed E-state index contributed by atoms with van der Waals surface area (Å²) in [6, 6.07) is 3.83. The Hall–Kier alpha value is -1.88. The lowest BCUT2D eigenvalue weighted by molar-refractivity contribution is 0.667. The number of nitrogens with zero attached hydrogens (tertiary/aromatic N) is 2. The molecule has 0 aromatic heterocycles. The van der Waals surface area contributed by atoms with Crippen LogP contribution in [-0.4, -0.2) is 11.4 Å². The normalized spacial score (nSPS) is 18.7. The van der Waals surface area contributed by atoms with Gasteiger partial charge in [-0.15, -0.1) is 0 Å². The van der Waals surface area contributed by atoms with Gasteiger partial charge in [-0.1, -0.05) is 12.8 Å². The Labute approximate surface area is 138 Å². The number of nitrogens with two attached hydrogens (primary N) is 2. The second-order valence-electron chi connectivity index (χ2n) is 6.55. The number of aliphatic imine (C=N–C) groups is 2. The first-order chi connectivity index (χ1) is 11.3. The molecule has 2 aliphatic rings. The maximum Gasteiger partial charge on any atom is 0.0895 e. The molecular formula is C18H27N5. The molecule has 124 valence electrons. The summed E-state index contributed by atoms with van der Waals surface area (Å²) in [4.78, 5) is 9.55. The van der Waals surface area contributed by atoms with E-state index in [-0.39, 0.29) is 0 Å². The second kappa shape index (κ2) is 7.59. The standard InChI is InChI=1S/C18H27N5/c19-15-11-17(22-14-9-5-2-6-10-14)18(23-20)12-16(15)21-13-7-3-1-4-8-13/h11-12,23H,1-10,19-20H2. The highest BCUT2D eigenvalue weighted by Crippen LogP contribution is 2.36. The van der Waals surface area contributed by atoms with E-state index in [9.17, 15) is 0 Å². The molecule has 0 aliphatic heterocycles. The molecule has 0 unspecified atom stereocenters. The van der Waals surface area contributed by atoms with E-state index in [1.54, 1.807) is 0 Å². The van der Waals surface area contributed by atoms with Crippen LogP contribution in [-0.2, 0) is 0 Å². The van der Waals surface area contributed by atoms with Gasteiger partial charge in [0.2, 0.25) is 0 Å². The number of hydrazine groups is 1. The van der Waals surface area contributed by atoms with Crippen molar-refractivity contribution in [2.45, 2.75) is 64.2 Å². The number of hydrogen-bond donors (Lipinski definition) is 3. The van der Waals surface area contributed by atoms with Crippen LogP contribution in [0.25, 0.3) is 0 Å². The zero-order valence-corrected chi connectivity index (χ0v) is 13.8. The van der Waals surface area contributed by atoms with Crippen LogP contribution in [0.3, 0.4) is 0 Å². The number of anilines is 2. The molecule has 3 rings (SSSR count). The van der Waals surface area contributed by atoms with Gasteiger partial charge in [-0.25, -0.2) is 0 Å². The Morgan fingerprint density at radius 1 is 0.739 bits per heavy atom. The predicted octanol–water partition coefficient (Wildman–Crippen LogP) is 4.63. The summed E-state index contributed by atoms with van der Waals surface area (Å²) < 4.78 is 0. The number of hydrogen-bond acceptors (Lipinski definition) is 5. The summed E-state index contributed by atoms with van der Waals surface area (Å²) in [5.41, 5.74) is 14.6. The van der Waals surface area contributed by atoms with Crippen molar-refractivity contribution >= 4 is 34.2 Å². The molecule has 2 saturated carbocycles. The molecule has 2 fully saturated rings. The van der Waals surface area contributed by atoms with Gasteiger partial charge < -0.3 is 11.2 Å². The lowest BCUT2D eigenvalue weighted by atomic mass is 9.98. The number of benzene rings is 1. The first kappa shape index (κ1) is 16.0. The number of rotatable bonds is 3. The Balaban J connectivity index is 1.89. The van der Waals surface area contributed by atoms with Crippen LogP contribution in [0.5, 0.6) is 0 Å². The highest BCUT2D eigenvalue weighted by Gasteiger charge is 2.12. The SMILES string of the molecule is NNc1cc(N=C2CCCCC2)c(N)cc1N=C1CCCCC1. The molecule has 0 bridgehead atoms. The zero-order valence-electron chi connectivity index (χ0n) is 13.8. The lowest BCUT2D eigenvalue weighted by Crippen LogP contribution is -2.09. The third-order valence-corrected chi connectivity index (χ3v) is 4.72. The van der Waals surface area contributed by atoms with Crippen LogP contribution in [0.15, 0.2) is 22.1 Å². The van der Waals surface area contributed by atoms with E-state index in [1.165, 1.54) is 49.9 Å². The maximum atomic E-state index is 6.22. The molecule has 2 aliphatic carbocycles. The van der Waals surface area contributed by atoms with E-state index >= 15 is 0 Å². The molecular weight excluding hydrogens is 286 g/mol. The average Bonchev–Trinajstić information content (AvgIpc) is 2.59. The molecule has 1 aromatic carbocycles. The molecule has 0 saturated heterocycles. The number of nitrogens with one attached hydrogen (secondary N) is 1. The summed E-state index contributed by atoms with van der Waals surface area (Å²) in [7, 11) is 0. The predicted molar refractivity (Wildman–Crippen MR) is 99.0 cm³/mol. The summed E-state index contributed by atoms with van der Waals surface area (Å²) >= 11 is 0. The van der Waals surface area contributed by atoms with Gasteiger partial charge in [0.1, 0.15) is 0 Å². The zero-order chi connectivity index (χ0) is 16.1. The minimum atomic E-state index is 0.678. The Morgan fingerprint density at radius 3 is 1.78 bits per heavy atom. The van der Waals surface area contributed by atoms with Crippen LogP contribution < -0.4 is 17.0 Å². The fourth-order valence-electron chi connectivity index (χ4n) is 3.38. The van der Waals surface area contributed by atoms with Crippen molar-refractivity contribution in [3.63, 3.8) is 0 Å². The van der Waals surface area contributed by atoms with Gasteiger partial charge in [0.15, 0.2) is 0 Å². The van der Waals surface area contributed by atoms with E-state index < -0.39 is 0 Å². The largest absolute Gasteiger partial charge is 0.397 e. The number of nitrogen functional groups attached to an aromatic ring is 2. The average molecular weight is 313 g/mol. The van der Waals surface area contributed by atoms with Crippen LogP contribution in [0.4, 0.5) is 22.7 Å². The first-order valence-electron chi connectivity index (χ1n) is 8.79. The smallest absolute Gasteiger partial charge is 0.0895 e. The third kappa shape index (κ3) is 4.10. The Kier molecular flexibility index (Phi) is 5.28. The van der Waals surface area contributed by atoms with Crippen LogP contribution in [0.1, 0.15) is 64.2 Å². The van der Waals surface area contributed by atoms with E-state index in [0.717, 1.165) is 42.7 Å². The minimum Gasteiger partial charge on any atom is -0.397 e. The minimum absolute atomic E-state index is 0.678. The second-order valence-corrected chi connectivity index (χ2v) is 6.55. The van der Waals surface area contributed by atoms with Crippen molar-refractivity contribution in [3.8, 4) is 0 Å². The van der Waals surface area contributed by atoms with E-state index in [0.29, 0.717) is 5.69 Å². The van der Waals surface area contributed by atoms with E-state index in [2.05, 4.69) is 5.43 Å².